The number of amides is 1. The van der Waals surface area contributed by atoms with Gasteiger partial charge in [0.25, 0.3) is 0 Å². The van der Waals surface area contributed by atoms with Gasteiger partial charge in [-0.1, -0.05) is 41.6 Å². The van der Waals surface area contributed by atoms with E-state index in [1.165, 1.54) is 42.5 Å². The molecule has 1 amide bonds. The lowest BCUT2D eigenvalue weighted by Gasteiger charge is -2.27. The van der Waals surface area contributed by atoms with Crippen molar-refractivity contribution in [3.05, 3.63) is 65.7 Å². The van der Waals surface area contributed by atoms with Crippen LogP contribution in [0.5, 0.6) is 0 Å². The van der Waals surface area contributed by atoms with Crippen molar-refractivity contribution in [2.45, 2.75) is 43.1 Å². The fraction of sp³-hybridized carbons (Fsp3) is 0.318. The van der Waals surface area contributed by atoms with Gasteiger partial charge in [0, 0.05) is 6.42 Å². The summed E-state index contributed by atoms with van der Waals surface area (Å²) in [6.45, 7) is 0. The number of halogens is 4. The van der Waals surface area contributed by atoms with Gasteiger partial charge in [0.05, 0.1) is 12.1 Å². The van der Waals surface area contributed by atoms with Crippen molar-refractivity contribution in [1.82, 2.24) is 31.3 Å². The summed E-state index contributed by atoms with van der Waals surface area (Å²) in [5.41, 5.74) is -0.146. The maximum absolute atomic E-state index is 14.1. The summed E-state index contributed by atoms with van der Waals surface area (Å²) in [5, 5.41) is 27.1. The molecule has 0 unspecified atom stereocenters. The molecule has 0 aliphatic heterocycles. The standard InChI is InChI=1S/C22H19F4N7O/c23-16-3-1-2-15(10-16)13-4-6-14(7-5-13)19(22(24,25)26)28-17(11-18-30-32-33-31-18)20(34)29-21(12-27)8-9-21/h1-7,10,17,19,28H,8-9,11H2,(H,29,34)(H,30,31,32,33)/t17-,19-/m0/s1. The molecule has 1 saturated carbocycles. The second-order valence-corrected chi connectivity index (χ2v) is 8.04. The van der Waals surface area contributed by atoms with Gasteiger partial charge >= 0.3 is 6.18 Å². The van der Waals surface area contributed by atoms with E-state index in [-0.39, 0.29) is 17.8 Å². The minimum atomic E-state index is -4.75. The monoisotopic (exact) mass is 473 g/mol. The maximum Gasteiger partial charge on any atom is 0.407 e. The molecule has 8 nitrogen and oxygen atoms in total. The molecule has 2 aromatic carbocycles. The van der Waals surface area contributed by atoms with Gasteiger partial charge in [0.15, 0.2) is 5.82 Å². The fourth-order valence-electron chi connectivity index (χ4n) is 3.51. The number of aromatic amines is 1. The third-order valence-electron chi connectivity index (χ3n) is 5.52. The zero-order chi connectivity index (χ0) is 24.3. The molecule has 0 bridgehead atoms. The van der Waals surface area contributed by atoms with Crippen molar-refractivity contribution in [3.8, 4) is 17.2 Å². The topological polar surface area (TPSA) is 119 Å². The molecule has 4 rings (SSSR count). The molecule has 176 valence electrons. The Labute approximate surface area is 191 Å². The van der Waals surface area contributed by atoms with Crippen molar-refractivity contribution < 1.29 is 22.4 Å². The van der Waals surface area contributed by atoms with Gasteiger partial charge in [0.2, 0.25) is 5.91 Å². The number of H-pyrrole nitrogens is 1. The van der Waals surface area contributed by atoms with Gasteiger partial charge < -0.3 is 5.32 Å². The summed E-state index contributed by atoms with van der Waals surface area (Å²) >= 11 is 0. The van der Waals surface area contributed by atoms with Crippen LogP contribution in [-0.2, 0) is 11.2 Å². The second kappa shape index (κ2) is 9.18. The number of nitriles is 1. The lowest BCUT2D eigenvalue weighted by atomic mass is 9.99. The van der Waals surface area contributed by atoms with Crippen LogP contribution in [0.3, 0.4) is 0 Å². The van der Waals surface area contributed by atoms with Crippen molar-refractivity contribution in [2.75, 3.05) is 0 Å². The van der Waals surface area contributed by atoms with Crippen LogP contribution in [0.1, 0.15) is 30.3 Å². The predicted octanol–water partition coefficient (Wildman–Crippen LogP) is 2.98. The number of hydrogen-bond donors (Lipinski definition) is 3. The predicted molar refractivity (Wildman–Crippen MR) is 111 cm³/mol. The Hall–Kier alpha value is -3.85. The summed E-state index contributed by atoms with van der Waals surface area (Å²) < 4.78 is 55.7. The van der Waals surface area contributed by atoms with Crippen LogP contribution in [0.2, 0.25) is 0 Å². The summed E-state index contributed by atoms with van der Waals surface area (Å²) in [6, 6.07) is 9.54. The minimum absolute atomic E-state index is 0.0387. The zero-order valence-corrected chi connectivity index (χ0v) is 17.6. The van der Waals surface area contributed by atoms with E-state index in [9.17, 15) is 27.6 Å². The van der Waals surface area contributed by atoms with Crippen LogP contribution in [0.25, 0.3) is 11.1 Å². The summed E-state index contributed by atoms with van der Waals surface area (Å²) in [4.78, 5) is 12.8. The highest BCUT2D eigenvalue weighted by molar-refractivity contribution is 5.83. The van der Waals surface area contributed by atoms with Crippen LogP contribution in [0, 0.1) is 17.1 Å². The molecule has 1 heterocycles. The normalized spacial score (nSPS) is 16.3. The van der Waals surface area contributed by atoms with Crippen LogP contribution < -0.4 is 10.6 Å². The molecule has 0 spiro atoms. The highest BCUT2D eigenvalue weighted by atomic mass is 19.4. The molecule has 1 aliphatic carbocycles. The molecule has 3 N–H and O–H groups in total. The molecule has 1 aromatic heterocycles. The number of tetrazole rings is 1. The molecular formula is C22H19F4N7O. The van der Waals surface area contributed by atoms with Crippen molar-refractivity contribution in [3.63, 3.8) is 0 Å². The Morgan fingerprint density at radius 1 is 1.18 bits per heavy atom. The summed E-state index contributed by atoms with van der Waals surface area (Å²) in [6.07, 6.45) is -4.18. The maximum atomic E-state index is 14.1. The molecule has 12 heteroatoms. The van der Waals surface area contributed by atoms with Gasteiger partial charge in [-0.2, -0.15) is 23.6 Å². The van der Waals surface area contributed by atoms with Gasteiger partial charge in [-0.05, 0) is 41.7 Å². The Balaban J connectivity index is 1.59. The number of carbonyl (C=O) groups excluding carboxylic acids is 1. The molecule has 2 atom stereocenters. The molecule has 1 aliphatic rings. The zero-order valence-electron chi connectivity index (χ0n) is 17.6. The SMILES string of the molecule is N#CC1(NC(=O)[C@H](Cc2nn[nH]n2)N[C@@H](c2ccc(-c3cccc(F)c3)cc2)C(F)(F)F)CC1. The number of nitrogens with zero attached hydrogens (tertiary/aromatic N) is 4. The Morgan fingerprint density at radius 2 is 1.91 bits per heavy atom. The average Bonchev–Trinajstić information content (AvgIpc) is 3.38. The second-order valence-electron chi connectivity index (χ2n) is 8.04. The van der Waals surface area contributed by atoms with Crippen LogP contribution in [-0.4, -0.2) is 44.3 Å². The lowest BCUT2D eigenvalue weighted by Crippen LogP contribution is -2.52. The van der Waals surface area contributed by atoms with E-state index >= 15 is 0 Å². The number of nitrogens with one attached hydrogen (secondary N) is 3. The largest absolute Gasteiger partial charge is 0.407 e. The van der Waals surface area contributed by atoms with E-state index in [0.29, 0.717) is 24.0 Å². The highest BCUT2D eigenvalue weighted by Crippen LogP contribution is 2.36. The highest BCUT2D eigenvalue weighted by Gasteiger charge is 2.47. The van der Waals surface area contributed by atoms with E-state index in [1.807, 2.05) is 6.07 Å². The van der Waals surface area contributed by atoms with E-state index in [1.54, 1.807) is 6.07 Å². The quantitative estimate of drug-likeness (QED) is 0.433. The number of carbonyl (C=O) groups is 1. The summed E-state index contributed by atoms with van der Waals surface area (Å²) in [7, 11) is 0. The molecular weight excluding hydrogens is 454 g/mol. The average molecular weight is 473 g/mol. The van der Waals surface area contributed by atoms with Crippen molar-refractivity contribution in [1.29, 1.82) is 5.26 Å². The van der Waals surface area contributed by atoms with E-state index in [0.717, 1.165) is 0 Å². The van der Waals surface area contributed by atoms with E-state index < -0.39 is 35.5 Å². The fourth-order valence-corrected chi connectivity index (χ4v) is 3.51. The third kappa shape index (κ3) is 5.37. The molecule has 34 heavy (non-hydrogen) atoms. The van der Waals surface area contributed by atoms with Gasteiger partial charge in [-0.15, -0.1) is 10.2 Å². The molecule has 3 aromatic rings. The van der Waals surface area contributed by atoms with Crippen molar-refractivity contribution in [2.24, 2.45) is 0 Å². The molecule has 1 fully saturated rings. The van der Waals surface area contributed by atoms with Gasteiger partial charge in [-0.25, -0.2) is 4.39 Å². The number of benzene rings is 2. The van der Waals surface area contributed by atoms with E-state index in [2.05, 4.69) is 31.3 Å². The van der Waals surface area contributed by atoms with Crippen LogP contribution >= 0.6 is 0 Å². The summed E-state index contributed by atoms with van der Waals surface area (Å²) in [5.74, 6) is -1.19. The Kier molecular flexibility index (Phi) is 6.30. The number of aromatic nitrogens is 4. The van der Waals surface area contributed by atoms with Gasteiger partial charge in [-0.3, -0.25) is 10.1 Å². The first-order valence-corrected chi connectivity index (χ1v) is 10.3. The van der Waals surface area contributed by atoms with E-state index in [4.69, 9.17) is 0 Å². The lowest BCUT2D eigenvalue weighted by molar-refractivity contribution is -0.161. The molecule has 0 saturated heterocycles. The minimum Gasteiger partial charge on any atom is -0.336 e. The Bertz CT molecular complexity index is 1190. The number of rotatable bonds is 8. The van der Waals surface area contributed by atoms with Crippen LogP contribution in [0.4, 0.5) is 17.6 Å². The third-order valence-corrected chi connectivity index (χ3v) is 5.52. The first-order chi connectivity index (χ1) is 16.2. The Morgan fingerprint density at radius 3 is 2.47 bits per heavy atom. The smallest absolute Gasteiger partial charge is 0.336 e. The molecule has 0 radical (unpaired) electrons. The first kappa shape index (κ1) is 23.3. The number of hydrogen-bond acceptors (Lipinski definition) is 6. The first-order valence-electron chi connectivity index (χ1n) is 10.3. The van der Waals surface area contributed by atoms with Crippen LogP contribution in [0.15, 0.2) is 48.5 Å². The van der Waals surface area contributed by atoms with Gasteiger partial charge in [0.1, 0.15) is 17.4 Å². The van der Waals surface area contributed by atoms with Crippen molar-refractivity contribution >= 4 is 5.91 Å². The number of alkyl halides is 3.